The smallest absolute Gasteiger partial charge is 0.211 e. The second-order valence-corrected chi connectivity index (χ2v) is 3.05. The van der Waals surface area contributed by atoms with Gasteiger partial charge in [0.25, 0.3) is 0 Å². The Bertz CT molecular complexity index is 466. The lowest BCUT2D eigenvalue weighted by Crippen LogP contribution is -2.22. The molecule has 18 heavy (non-hydrogen) atoms. The maximum absolute atomic E-state index is 7.29. The SMILES string of the molecule is C/C(=N\N=C(N)N)c1cc(C(=N)N)ccn1.Cl.Cl. The Morgan fingerprint density at radius 3 is 2.33 bits per heavy atom. The molecule has 7 nitrogen and oxygen atoms in total. The van der Waals surface area contributed by atoms with Gasteiger partial charge >= 0.3 is 0 Å². The van der Waals surface area contributed by atoms with Gasteiger partial charge in [-0.3, -0.25) is 10.4 Å². The first-order chi connectivity index (χ1) is 7.50. The summed E-state index contributed by atoms with van der Waals surface area (Å²) in [5, 5.41) is 14.6. The standard InChI is InChI=1S/C9H13N7.2ClH/c1-5(15-16-9(12)13)7-4-6(8(10)11)2-3-14-7;;/h2-4H,1H3,(H3,10,11)(H4,12,13,16);2*1H/b15-5+;;. The highest BCUT2D eigenvalue weighted by Gasteiger charge is 2.02. The summed E-state index contributed by atoms with van der Waals surface area (Å²) >= 11 is 0. The number of nitrogens with one attached hydrogen (secondary N) is 1. The molecule has 0 aliphatic carbocycles. The quantitative estimate of drug-likeness (QED) is 0.359. The summed E-state index contributed by atoms with van der Waals surface area (Å²) in [4.78, 5) is 4.07. The molecule has 0 fully saturated rings. The van der Waals surface area contributed by atoms with Crippen LogP contribution in [0.4, 0.5) is 0 Å². The number of hydrogen-bond acceptors (Lipinski definition) is 4. The molecule has 0 atom stereocenters. The van der Waals surface area contributed by atoms with E-state index in [9.17, 15) is 0 Å². The lowest BCUT2D eigenvalue weighted by atomic mass is 10.2. The Hall–Kier alpha value is -1.86. The molecule has 0 aromatic carbocycles. The molecule has 0 saturated carbocycles. The number of guanidine groups is 1. The highest BCUT2D eigenvalue weighted by Crippen LogP contribution is 2.02. The predicted molar refractivity (Wildman–Crippen MR) is 77.8 cm³/mol. The highest BCUT2D eigenvalue weighted by atomic mass is 35.5. The van der Waals surface area contributed by atoms with Crippen LogP contribution in [-0.4, -0.2) is 22.5 Å². The number of aromatic nitrogens is 1. The minimum absolute atomic E-state index is 0. The fraction of sp³-hybridized carbons (Fsp3) is 0.111. The first-order valence-corrected chi connectivity index (χ1v) is 4.44. The van der Waals surface area contributed by atoms with Gasteiger partial charge in [0.15, 0.2) is 0 Å². The molecule has 1 heterocycles. The minimum Gasteiger partial charge on any atom is -0.384 e. The molecular formula is C9H15Cl2N7. The van der Waals surface area contributed by atoms with Crippen LogP contribution in [-0.2, 0) is 0 Å². The molecule has 0 radical (unpaired) electrons. The van der Waals surface area contributed by atoms with E-state index < -0.39 is 0 Å². The summed E-state index contributed by atoms with van der Waals surface area (Å²) in [7, 11) is 0. The fourth-order valence-corrected chi connectivity index (χ4v) is 0.980. The zero-order chi connectivity index (χ0) is 12.1. The van der Waals surface area contributed by atoms with Crippen molar-refractivity contribution in [2.75, 3.05) is 0 Å². The Balaban J connectivity index is 0. The summed E-state index contributed by atoms with van der Waals surface area (Å²) in [6, 6.07) is 3.28. The highest BCUT2D eigenvalue weighted by molar-refractivity contribution is 6.01. The number of amidine groups is 1. The van der Waals surface area contributed by atoms with Crippen molar-refractivity contribution in [1.82, 2.24) is 4.98 Å². The van der Waals surface area contributed by atoms with E-state index in [0.29, 0.717) is 17.0 Å². The lowest BCUT2D eigenvalue weighted by Gasteiger charge is -2.01. The molecule has 0 saturated heterocycles. The molecular weight excluding hydrogens is 277 g/mol. The monoisotopic (exact) mass is 291 g/mol. The third kappa shape index (κ3) is 5.46. The van der Waals surface area contributed by atoms with E-state index in [2.05, 4.69) is 15.2 Å². The third-order valence-corrected chi connectivity index (χ3v) is 1.76. The van der Waals surface area contributed by atoms with Crippen molar-refractivity contribution < 1.29 is 0 Å². The largest absolute Gasteiger partial charge is 0.384 e. The first kappa shape index (κ1) is 18.5. The average Bonchev–Trinajstić information content (AvgIpc) is 2.26. The number of nitrogens with zero attached hydrogens (tertiary/aromatic N) is 3. The van der Waals surface area contributed by atoms with Crippen LogP contribution in [0.5, 0.6) is 0 Å². The van der Waals surface area contributed by atoms with Gasteiger partial charge in [-0.2, -0.15) is 5.10 Å². The van der Waals surface area contributed by atoms with Crippen LogP contribution in [0.25, 0.3) is 0 Å². The van der Waals surface area contributed by atoms with E-state index >= 15 is 0 Å². The number of nitrogens with two attached hydrogens (primary N) is 3. The van der Waals surface area contributed by atoms with Gasteiger partial charge < -0.3 is 17.2 Å². The first-order valence-electron chi connectivity index (χ1n) is 4.44. The molecule has 1 rings (SSSR count). The van der Waals surface area contributed by atoms with E-state index in [1.807, 2.05) is 0 Å². The molecule has 9 heteroatoms. The molecule has 0 amide bonds. The van der Waals surface area contributed by atoms with Gasteiger partial charge in [0.1, 0.15) is 5.84 Å². The Kier molecular flexibility index (Phi) is 8.49. The van der Waals surface area contributed by atoms with Crippen molar-refractivity contribution in [2.45, 2.75) is 6.92 Å². The second kappa shape index (κ2) is 8.26. The van der Waals surface area contributed by atoms with Crippen molar-refractivity contribution in [3.05, 3.63) is 29.6 Å². The molecule has 0 unspecified atom stereocenters. The normalized spacial score (nSPS) is 9.72. The predicted octanol–water partition coefficient (Wildman–Crippen LogP) is 0.207. The Labute approximate surface area is 117 Å². The molecule has 100 valence electrons. The number of nitrogen functional groups attached to an aromatic ring is 1. The molecule has 0 spiro atoms. The van der Waals surface area contributed by atoms with Gasteiger partial charge in [-0.25, -0.2) is 0 Å². The molecule has 7 N–H and O–H groups in total. The van der Waals surface area contributed by atoms with Crippen molar-refractivity contribution in [3.63, 3.8) is 0 Å². The third-order valence-electron chi connectivity index (χ3n) is 1.76. The van der Waals surface area contributed by atoms with Crippen LogP contribution < -0.4 is 17.2 Å². The maximum Gasteiger partial charge on any atom is 0.211 e. The van der Waals surface area contributed by atoms with Crippen LogP contribution in [0.1, 0.15) is 18.2 Å². The van der Waals surface area contributed by atoms with Gasteiger partial charge in [0.2, 0.25) is 5.96 Å². The second-order valence-electron chi connectivity index (χ2n) is 3.05. The topological polar surface area (TPSA) is 140 Å². The van der Waals surface area contributed by atoms with Crippen molar-refractivity contribution in [3.8, 4) is 0 Å². The zero-order valence-electron chi connectivity index (χ0n) is 9.62. The zero-order valence-corrected chi connectivity index (χ0v) is 11.3. The van der Waals surface area contributed by atoms with E-state index in [1.165, 1.54) is 0 Å². The number of rotatable bonds is 3. The van der Waals surface area contributed by atoms with Crippen molar-refractivity contribution in [2.24, 2.45) is 27.4 Å². The molecule has 0 aliphatic heterocycles. The van der Waals surface area contributed by atoms with E-state index in [-0.39, 0.29) is 36.6 Å². The Morgan fingerprint density at radius 1 is 1.22 bits per heavy atom. The van der Waals surface area contributed by atoms with E-state index in [4.69, 9.17) is 22.6 Å². The molecule has 1 aromatic heterocycles. The maximum atomic E-state index is 7.29. The van der Waals surface area contributed by atoms with Gasteiger partial charge in [0.05, 0.1) is 11.4 Å². The summed E-state index contributed by atoms with van der Waals surface area (Å²) in [6.45, 7) is 1.71. The van der Waals surface area contributed by atoms with Crippen LogP contribution in [0, 0.1) is 5.41 Å². The number of hydrogen-bond donors (Lipinski definition) is 4. The molecule has 1 aromatic rings. The number of halogens is 2. The summed E-state index contributed by atoms with van der Waals surface area (Å²) in [6.07, 6.45) is 1.54. The Morgan fingerprint density at radius 2 is 1.83 bits per heavy atom. The number of pyridine rings is 1. The van der Waals surface area contributed by atoms with E-state index in [0.717, 1.165) is 0 Å². The minimum atomic E-state index is -0.123. The van der Waals surface area contributed by atoms with Crippen molar-refractivity contribution in [1.29, 1.82) is 5.41 Å². The van der Waals surface area contributed by atoms with Gasteiger partial charge in [0, 0.05) is 11.8 Å². The average molecular weight is 292 g/mol. The summed E-state index contributed by atoms with van der Waals surface area (Å²) in [5.41, 5.74) is 17.3. The fourth-order valence-electron chi connectivity index (χ4n) is 0.980. The van der Waals surface area contributed by atoms with Crippen molar-refractivity contribution >= 4 is 42.3 Å². The van der Waals surface area contributed by atoms with Crippen LogP contribution >= 0.6 is 24.8 Å². The summed E-state index contributed by atoms with van der Waals surface area (Å²) in [5.74, 6) is -0.152. The lowest BCUT2D eigenvalue weighted by molar-refractivity contribution is 1.17. The van der Waals surface area contributed by atoms with Gasteiger partial charge in [-0.1, -0.05) is 0 Å². The van der Waals surface area contributed by atoms with Crippen LogP contribution in [0.2, 0.25) is 0 Å². The summed E-state index contributed by atoms with van der Waals surface area (Å²) < 4.78 is 0. The van der Waals surface area contributed by atoms with Crippen LogP contribution in [0.3, 0.4) is 0 Å². The molecule has 0 aliphatic rings. The van der Waals surface area contributed by atoms with Gasteiger partial charge in [-0.15, -0.1) is 29.9 Å². The van der Waals surface area contributed by atoms with Crippen LogP contribution in [0.15, 0.2) is 28.5 Å². The van der Waals surface area contributed by atoms with E-state index in [1.54, 1.807) is 25.3 Å². The molecule has 0 bridgehead atoms. The van der Waals surface area contributed by atoms with Gasteiger partial charge in [-0.05, 0) is 19.1 Å².